The number of likely N-dealkylation sites (tertiary alicyclic amines) is 1. The summed E-state index contributed by atoms with van der Waals surface area (Å²) in [5, 5.41) is 17.9. The van der Waals surface area contributed by atoms with Crippen molar-refractivity contribution in [3.05, 3.63) is 78.1 Å². The summed E-state index contributed by atoms with van der Waals surface area (Å²) in [4.78, 5) is 18.7. The van der Waals surface area contributed by atoms with Gasteiger partial charge in [-0.3, -0.25) is 4.79 Å². The second-order valence-electron chi connectivity index (χ2n) is 7.91. The Bertz CT molecular complexity index is 1400. The highest BCUT2D eigenvalue weighted by atomic mass is 19.3. The number of benzene rings is 2. The van der Waals surface area contributed by atoms with Gasteiger partial charge in [-0.05, 0) is 30.3 Å². The zero-order valence-electron chi connectivity index (χ0n) is 17.8. The van der Waals surface area contributed by atoms with Gasteiger partial charge in [0.25, 0.3) is 11.8 Å². The maximum Gasteiger partial charge on any atom is 0.287 e. The molecule has 1 amide bonds. The normalized spacial score (nSPS) is 17.3. The average Bonchev–Trinajstić information content (AvgIpc) is 3.39. The fraction of sp³-hybridized carbons (Fsp3) is 0.208. The van der Waals surface area contributed by atoms with Gasteiger partial charge in [-0.2, -0.15) is 5.26 Å². The number of hydrogen-bond acceptors (Lipinski definition) is 6. The number of nitrogens with zero attached hydrogens (tertiary/aromatic N) is 6. The van der Waals surface area contributed by atoms with E-state index < -0.39 is 24.4 Å². The molecule has 0 spiro atoms. The minimum atomic E-state index is -3.20. The van der Waals surface area contributed by atoms with Gasteiger partial charge in [0.15, 0.2) is 6.10 Å². The minimum absolute atomic E-state index is 0.0542. The van der Waals surface area contributed by atoms with E-state index in [1.54, 1.807) is 60.8 Å². The summed E-state index contributed by atoms with van der Waals surface area (Å²) in [7, 11) is 0. The number of pyridine rings is 1. The van der Waals surface area contributed by atoms with Gasteiger partial charge in [-0.1, -0.05) is 29.5 Å². The van der Waals surface area contributed by atoms with Crippen molar-refractivity contribution in [3.8, 4) is 17.6 Å². The molecule has 170 valence electrons. The fourth-order valence-electron chi connectivity index (χ4n) is 3.89. The Morgan fingerprint density at radius 2 is 2.03 bits per heavy atom. The Morgan fingerprint density at radius 1 is 1.18 bits per heavy atom. The first-order valence-electron chi connectivity index (χ1n) is 10.5. The van der Waals surface area contributed by atoms with Crippen molar-refractivity contribution in [1.29, 1.82) is 5.26 Å². The van der Waals surface area contributed by atoms with E-state index in [2.05, 4.69) is 15.3 Å². The van der Waals surface area contributed by atoms with Crippen molar-refractivity contribution in [3.63, 3.8) is 0 Å². The van der Waals surface area contributed by atoms with Gasteiger partial charge >= 0.3 is 0 Å². The van der Waals surface area contributed by atoms with Gasteiger partial charge in [0, 0.05) is 23.9 Å². The lowest BCUT2D eigenvalue weighted by atomic mass is 10.0. The summed E-state index contributed by atoms with van der Waals surface area (Å²) in [6, 6.07) is 17.2. The third-order valence-corrected chi connectivity index (χ3v) is 5.70. The van der Waals surface area contributed by atoms with E-state index in [0.717, 1.165) is 0 Å². The van der Waals surface area contributed by atoms with Crippen molar-refractivity contribution in [2.75, 3.05) is 13.1 Å². The van der Waals surface area contributed by atoms with Crippen LogP contribution in [0.5, 0.6) is 5.88 Å². The molecule has 2 aromatic carbocycles. The van der Waals surface area contributed by atoms with Gasteiger partial charge in [0.05, 0.1) is 30.1 Å². The SMILES string of the molecule is N#Cc1cc2ccccc2nc1O[C@H]1CN(C(=O)c2cccc(-n3ccnn3)c2)CCC1(F)F. The molecule has 1 saturated heterocycles. The third-order valence-electron chi connectivity index (χ3n) is 5.70. The summed E-state index contributed by atoms with van der Waals surface area (Å²) in [6.45, 7) is -0.478. The first-order chi connectivity index (χ1) is 16.4. The molecule has 34 heavy (non-hydrogen) atoms. The lowest BCUT2D eigenvalue weighted by molar-refractivity contribution is -0.131. The Hall–Kier alpha value is -4.39. The number of aromatic nitrogens is 4. The van der Waals surface area contributed by atoms with Crippen molar-refractivity contribution in [2.45, 2.75) is 18.4 Å². The van der Waals surface area contributed by atoms with Gasteiger partial charge in [0.1, 0.15) is 11.6 Å². The molecule has 0 bridgehead atoms. The van der Waals surface area contributed by atoms with Crippen molar-refractivity contribution >= 4 is 16.8 Å². The number of hydrogen-bond donors (Lipinski definition) is 0. The summed E-state index contributed by atoms with van der Waals surface area (Å²) < 4.78 is 36.7. The quantitative estimate of drug-likeness (QED) is 0.462. The molecule has 5 rings (SSSR count). The van der Waals surface area contributed by atoms with E-state index in [1.165, 1.54) is 15.8 Å². The van der Waals surface area contributed by atoms with Gasteiger partial charge in [0.2, 0.25) is 5.88 Å². The predicted molar refractivity (Wildman–Crippen MR) is 118 cm³/mol. The van der Waals surface area contributed by atoms with Crippen LogP contribution in [0, 0.1) is 11.3 Å². The second-order valence-corrected chi connectivity index (χ2v) is 7.91. The standard InChI is InChI=1S/C24H18F2N6O2/c25-24(26)8-10-31(23(33)17-5-3-6-19(13-17)32-11-9-28-30-32)15-21(24)34-22-18(14-27)12-16-4-1-2-7-20(16)29-22/h1-7,9,11-13,21H,8,10,15H2/t21-/m0/s1. The van der Waals surface area contributed by atoms with Gasteiger partial charge in [-0.25, -0.2) is 18.4 Å². The van der Waals surface area contributed by atoms with Crippen LogP contribution < -0.4 is 4.74 Å². The first kappa shape index (κ1) is 21.5. The van der Waals surface area contributed by atoms with Crippen molar-refractivity contribution < 1.29 is 18.3 Å². The van der Waals surface area contributed by atoms with Crippen LogP contribution in [0.2, 0.25) is 0 Å². The van der Waals surface area contributed by atoms with Crippen LogP contribution in [-0.4, -0.2) is 55.9 Å². The molecule has 8 nitrogen and oxygen atoms in total. The van der Waals surface area contributed by atoms with Crippen molar-refractivity contribution in [2.24, 2.45) is 0 Å². The van der Waals surface area contributed by atoms with E-state index in [4.69, 9.17) is 4.74 Å². The predicted octanol–water partition coefficient (Wildman–Crippen LogP) is 3.62. The monoisotopic (exact) mass is 460 g/mol. The first-order valence-corrected chi connectivity index (χ1v) is 10.5. The molecule has 0 saturated carbocycles. The fourth-order valence-corrected chi connectivity index (χ4v) is 3.89. The molecule has 2 aromatic heterocycles. The van der Waals surface area contributed by atoms with Crippen LogP contribution in [0.1, 0.15) is 22.3 Å². The van der Waals surface area contributed by atoms with E-state index in [-0.39, 0.29) is 24.5 Å². The zero-order chi connectivity index (χ0) is 23.7. The molecule has 0 aliphatic carbocycles. The van der Waals surface area contributed by atoms with Crippen LogP contribution in [-0.2, 0) is 0 Å². The van der Waals surface area contributed by atoms with Crippen LogP contribution in [0.15, 0.2) is 67.0 Å². The lowest BCUT2D eigenvalue weighted by Gasteiger charge is -2.38. The molecule has 0 N–H and O–H groups in total. The molecule has 10 heteroatoms. The van der Waals surface area contributed by atoms with Crippen molar-refractivity contribution in [1.82, 2.24) is 24.9 Å². The maximum absolute atomic E-state index is 14.8. The Morgan fingerprint density at radius 3 is 2.82 bits per heavy atom. The topological polar surface area (TPSA) is 96.9 Å². The van der Waals surface area contributed by atoms with Gasteiger partial charge in [-0.15, -0.1) is 5.10 Å². The number of nitriles is 1. The Kier molecular flexibility index (Phi) is 5.37. The zero-order valence-corrected chi connectivity index (χ0v) is 17.8. The highest BCUT2D eigenvalue weighted by Crippen LogP contribution is 2.33. The number of carbonyl (C=O) groups is 1. The number of ether oxygens (including phenoxy) is 1. The number of carbonyl (C=O) groups excluding carboxylic acids is 1. The van der Waals surface area contributed by atoms with E-state index in [1.807, 2.05) is 6.07 Å². The molecule has 1 fully saturated rings. The molecular weight excluding hydrogens is 442 g/mol. The summed E-state index contributed by atoms with van der Waals surface area (Å²) in [6.07, 6.45) is 0.934. The number of piperidine rings is 1. The average molecular weight is 460 g/mol. The van der Waals surface area contributed by atoms with Crippen LogP contribution in [0.3, 0.4) is 0 Å². The Labute approximate surface area is 193 Å². The highest BCUT2D eigenvalue weighted by Gasteiger charge is 2.47. The molecule has 1 aliphatic heterocycles. The molecule has 1 aliphatic rings. The van der Waals surface area contributed by atoms with Crippen LogP contribution >= 0.6 is 0 Å². The van der Waals surface area contributed by atoms with Crippen LogP contribution in [0.4, 0.5) is 8.78 Å². The number of para-hydroxylation sites is 1. The number of rotatable bonds is 4. The summed E-state index contributed by atoms with van der Waals surface area (Å²) >= 11 is 0. The largest absolute Gasteiger partial charge is 0.465 e. The molecule has 0 unspecified atom stereocenters. The van der Waals surface area contributed by atoms with E-state index in [0.29, 0.717) is 22.2 Å². The lowest BCUT2D eigenvalue weighted by Crippen LogP contribution is -2.55. The molecular formula is C24H18F2N6O2. The smallest absolute Gasteiger partial charge is 0.287 e. The van der Waals surface area contributed by atoms with E-state index in [9.17, 15) is 18.8 Å². The molecule has 4 aromatic rings. The molecule has 3 heterocycles. The van der Waals surface area contributed by atoms with Crippen LogP contribution in [0.25, 0.3) is 16.6 Å². The second kappa shape index (κ2) is 8.51. The number of alkyl halides is 2. The highest BCUT2D eigenvalue weighted by molar-refractivity contribution is 5.95. The van der Waals surface area contributed by atoms with Gasteiger partial charge < -0.3 is 9.64 Å². The minimum Gasteiger partial charge on any atom is -0.465 e. The third kappa shape index (κ3) is 4.03. The molecule has 1 atom stereocenters. The van der Waals surface area contributed by atoms with E-state index >= 15 is 0 Å². The molecule has 0 radical (unpaired) electrons. The number of fused-ring (bicyclic) bond motifs is 1. The summed E-state index contributed by atoms with van der Waals surface area (Å²) in [5.41, 5.74) is 1.53. The summed E-state index contributed by atoms with van der Waals surface area (Å²) in [5.74, 6) is -3.77. The maximum atomic E-state index is 14.8. The number of amides is 1. The number of halogens is 2. The Balaban J connectivity index is 1.40.